The van der Waals surface area contributed by atoms with E-state index in [0.717, 1.165) is 35.0 Å². The van der Waals surface area contributed by atoms with E-state index in [1.54, 1.807) is 25.6 Å². The molecule has 2 amide bonds. The Morgan fingerprint density at radius 2 is 1.81 bits per heavy atom. The third kappa shape index (κ3) is 5.14. The van der Waals surface area contributed by atoms with E-state index in [1.165, 1.54) is 5.56 Å². The number of hydrogen-bond acceptors (Lipinski definition) is 6. The third-order valence-electron chi connectivity index (χ3n) is 5.48. The van der Waals surface area contributed by atoms with Gasteiger partial charge in [0.25, 0.3) is 0 Å². The van der Waals surface area contributed by atoms with E-state index in [2.05, 4.69) is 27.6 Å². The molecule has 0 radical (unpaired) electrons. The van der Waals surface area contributed by atoms with Crippen LogP contribution >= 0.6 is 11.3 Å². The Morgan fingerprint density at radius 1 is 1.06 bits per heavy atom. The van der Waals surface area contributed by atoms with Gasteiger partial charge in [0.2, 0.25) is 0 Å². The molecule has 1 aliphatic heterocycles. The lowest BCUT2D eigenvalue weighted by Crippen LogP contribution is -2.40. The standard InChI is InChI=1S/C23H26N4O3S/c1-29-18-9-7-16(8-10-18)15-21-25-26-22(31-21)17-11-13-27(14-12-17)23(28)24-19-5-3-4-6-20(19)30-2/h3-10,17H,11-15H2,1-2H3,(H,24,28). The number of nitrogens with zero attached hydrogens (tertiary/aromatic N) is 3. The van der Waals surface area contributed by atoms with Crippen molar-refractivity contribution >= 4 is 23.1 Å². The van der Waals surface area contributed by atoms with Crippen molar-refractivity contribution in [3.05, 3.63) is 64.1 Å². The number of amides is 2. The van der Waals surface area contributed by atoms with Gasteiger partial charge in [-0.2, -0.15) is 0 Å². The van der Waals surface area contributed by atoms with E-state index in [-0.39, 0.29) is 6.03 Å². The van der Waals surface area contributed by atoms with Crippen LogP contribution in [0.5, 0.6) is 11.5 Å². The number of piperidine rings is 1. The van der Waals surface area contributed by atoms with Crippen molar-refractivity contribution in [3.8, 4) is 11.5 Å². The fraction of sp³-hybridized carbons (Fsp3) is 0.348. The molecule has 0 aliphatic carbocycles. The largest absolute Gasteiger partial charge is 0.497 e. The lowest BCUT2D eigenvalue weighted by atomic mass is 9.98. The highest BCUT2D eigenvalue weighted by Gasteiger charge is 2.26. The summed E-state index contributed by atoms with van der Waals surface area (Å²) in [4.78, 5) is 14.5. The van der Waals surface area contributed by atoms with Gasteiger partial charge in [0.05, 0.1) is 19.9 Å². The maximum absolute atomic E-state index is 12.7. The maximum Gasteiger partial charge on any atom is 0.321 e. The van der Waals surface area contributed by atoms with Gasteiger partial charge in [0, 0.05) is 25.4 Å². The summed E-state index contributed by atoms with van der Waals surface area (Å²) < 4.78 is 10.5. The normalized spacial score (nSPS) is 14.3. The molecule has 0 unspecified atom stereocenters. The number of methoxy groups -OCH3 is 2. The highest BCUT2D eigenvalue weighted by atomic mass is 32.1. The third-order valence-corrected chi connectivity index (χ3v) is 6.56. The minimum Gasteiger partial charge on any atom is -0.497 e. The van der Waals surface area contributed by atoms with Gasteiger partial charge in [-0.05, 0) is 42.7 Å². The predicted molar refractivity (Wildman–Crippen MR) is 121 cm³/mol. The fourth-order valence-electron chi connectivity index (χ4n) is 3.69. The topological polar surface area (TPSA) is 76.6 Å². The maximum atomic E-state index is 12.7. The van der Waals surface area contributed by atoms with E-state index in [1.807, 2.05) is 41.3 Å². The number of likely N-dealkylation sites (tertiary alicyclic amines) is 1. The molecule has 1 aliphatic rings. The van der Waals surface area contributed by atoms with Gasteiger partial charge >= 0.3 is 6.03 Å². The Hall–Kier alpha value is -3.13. The quantitative estimate of drug-likeness (QED) is 0.611. The summed E-state index contributed by atoms with van der Waals surface area (Å²) >= 11 is 1.67. The van der Waals surface area contributed by atoms with Crippen LogP contribution in [0, 0.1) is 0 Å². The number of benzene rings is 2. The molecule has 7 nitrogen and oxygen atoms in total. The van der Waals surface area contributed by atoms with Gasteiger partial charge in [0.1, 0.15) is 21.5 Å². The number of carbonyl (C=O) groups is 1. The van der Waals surface area contributed by atoms with E-state index in [4.69, 9.17) is 9.47 Å². The van der Waals surface area contributed by atoms with Crippen LogP contribution in [0.25, 0.3) is 0 Å². The SMILES string of the molecule is COc1ccc(Cc2nnc(C3CCN(C(=O)Nc4ccccc4OC)CC3)s2)cc1. The van der Waals surface area contributed by atoms with E-state index < -0.39 is 0 Å². The molecule has 4 rings (SSSR count). The van der Waals surface area contributed by atoms with Crippen molar-refractivity contribution < 1.29 is 14.3 Å². The first-order valence-corrected chi connectivity index (χ1v) is 11.1. The Balaban J connectivity index is 1.31. The van der Waals surface area contributed by atoms with Crippen LogP contribution < -0.4 is 14.8 Å². The number of rotatable bonds is 6. The van der Waals surface area contributed by atoms with Crippen molar-refractivity contribution in [1.29, 1.82) is 0 Å². The van der Waals surface area contributed by atoms with Gasteiger partial charge in [-0.1, -0.05) is 24.3 Å². The molecule has 2 heterocycles. The molecule has 162 valence electrons. The number of urea groups is 1. The monoisotopic (exact) mass is 438 g/mol. The number of ether oxygens (including phenoxy) is 2. The molecule has 0 spiro atoms. The highest BCUT2D eigenvalue weighted by Crippen LogP contribution is 2.31. The van der Waals surface area contributed by atoms with Crippen molar-refractivity contribution in [1.82, 2.24) is 15.1 Å². The van der Waals surface area contributed by atoms with Gasteiger partial charge in [0.15, 0.2) is 0 Å². The van der Waals surface area contributed by atoms with E-state index >= 15 is 0 Å². The van der Waals surface area contributed by atoms with Crippen LogP contribution in [0.1, 0.15) is 34.3 Å². The van der Waals surface area contributed by atoms with Crippen molar-refractivity contribution in [2.75, 3.05) is 32.6 Å². The first-order valence-electron chi connectivity index (χ1n) is 10.3. The molecule has 0 atom stereocenters. The fourth-order valence-corrected chi connectivity index (χ4v) is 4.74. The molecule has 1 N–H and O–H groups in total. The summed E-state index contributed by atoms with van der Waals surface area (Å²) in [6.45, 7) is 1.39. The molecule has 31 heavy (non-hydrogen) atoms. The second-order valence-corrected chi connectivity index (χ2v) is 8.54. The molecule has 1 saturated heterocycles. The highest BCUT2D eigenvalue weighted by molar-refractivity contribution is 7.11. The smallest absolute Gasteiger partial charge is 0.321 e. The van der Waals surface area contributed by atoms with Crippen LogP contribution in [0.15, 0.2) is 48.5 Å². The number of aromatic nitrogens is 2. The van der Waals surface area contributed by atoms with Gasteiger partial charge < -0.3 is 19.7 Å². The molecule has 3 aromatic rings. The number of carbonyl (C=O) groups excluding carboxylic acids is 1. The lowest BCUT2D eigenvalue weighted by Gasteiger charge is -2.31. The average molecular weight is 439 g/mol. The van der Waals surface area contributed by atoms with Crippen LogP contribution in [-0.4, -0.2) is 48.4 Å². The molecular formula is C23H26N4O3S. The van der Waals surface area contributed by atoms with Gasteiger partial charge in [-0.3, -0.25) is 0 Å². The second-order valence-electron chi connectivity index (χ2n) is 7.45. The first kappa shape index (κ1) is 21.1. The van der Waals surface area contributed by atoms with Gasteiger partial charge in [-0.15, -0.1) is 21.5 Å². The first-order chi connectivity index (χ1) is 15.2. The minimum absolute atomic E-state index is 0.0968. The van der Waals surface area contributed by atoms with Crippen LogP contribution in [-0.2, 0) is 6.42 Å². The number of nitrogens with one attached hydrogen (secondary N) is 1. The average Bonchev–Trinajstić information content (AvgIpc) is 3.28. The zero-order chi connectivity index (χ0) is 21.6. The van der Waals surface area contributed by atoms with Gasteiger partial charge in [-0.25, -0.2) is 4.79 Å². The summed E-state index contributed by atoms with van der Waals surface area (Å²) in [5.41, 5.74) is 1.87. The number of hydrogen-bond donors (Lipinski definition) is 1. The lowest BCUT2D eigenvalue weighted by molar-refractivity contribution is 0.194. The molecule has 1 aromatic heterocycles. The van der Waals surface area contributed by atoms with Crippen LogP contribution in [0.2, 0.25) is 0 Å². The Kier molecular flexibility index (Phi) is 6.66. The second kappa shape index (κ2) is 9.78. The van der Waals surface area contributed by atoms with Crippen molar-refractivity contribution in [2.45, 2.75) is 25.2 Å². The summed E-state index contributed by atoms with van der Waals surface area (Å²) in [5, 5.41) is 13.9. The molecule has 8 heteroatoms. The predicted octanol–water partition coefficient (Wildman–Crippen LogP) is 4.56. The van der Waals surface area contributed by atoms with Crippen molar-refractivity contribution in [2.24, 2.45) is 0 Å². The summed E-state index contributed by atoms with van der Waals surface area (Å²) in [6, 6.07) is 15.4. The molecular weight excluding hydrogens is 412 g/mol. The Bertz CT molecular complexity index is 1010. The van der Waals surface area contributed by atoms with Crippen LogP contribution in [0.4, 0.5) is 10.5 Å². The minimum atomic E-state index is -0.0968. The van der Waals surface area contributed by atoms with E-state index in [0.29, 0.717) is 30.4 Å². The molecule has 0 saturated carbocycles. The van der Waals surface area contributed by atoms with E-state index in [9.17, 15) is 4.79 Å². The Labute approximate surface area is 186 Å². The Morgan fingerprint density at radius 3 is 2.52 bits per heavy atom. The van der Waals surface area contributed by atoms with Crippen LogP contribution in [0.3, 0.4) is 0 Å². The molecule has 1 fully saturated rings. The zero-order valence-corrected chi connectivity index (χ0v) is 18.5. The molecule has 2 aromatic carbocycles. The summed E-state index contributed by atoms with van der Waals surface area (Å²) in [7, 11) is 3.26. The number of para-hydroxylation sites is 2. The zero-order valence-electron chi connectivity index (χ0n) is 17.7. The summed E-state index contributed by atoms with van der Waals surface area (Å²) in [6.07, 6.45) is 2.54. The summed E-state index contributed by atoms with van der Waals surface area (Å²) in [5.74, 6) is 1.85. The van der Waals surface area contributed by atoms with Crippen molar-refractivity contribution in [3.63, 3.8) is 0 Å². The molecule has 0 bridgehead atoms. The number of anilines is 1.